The summed E-state index contributed by atoms with van der Waals surface area (Å²) in [5.74, 6) is -0.758. The van der Waals surface area contributed by atoms with E-state index in [0.29, 0.717) is 12.8 Å². The highest BCUT2D eigenvalue weighted by Gasteiger charge is 2.42. The lowest BCUT2D eigenvalue weighted by Crippen LogP contribution is -2.44. The average Bonchev–Trinajstić information content (AvgIpc) is 3.43. The normalized spacial score (nSPS) is 18.8. The van der Waals surface area contributed by atoms with Gasteiger partial charge in [0.15, 0.2) is 6.10 Å². The maximum atomic E-state index is 12.6. The molecule has 0 aromatic carbocycles. The Balaban J connectivity index is 2.18. The molecule has 2 N–H and O–H groups in total. The van der Waals surface area contributed by atoms with Gasteiger partial charge >= 0.3 is 11.9 Å². The standard InChI is InChI=1S/C42H72O7/c1-3-5-7-9-11-13-15-17-19-21-23-25-27-29-31-33-39(44)47-36-38(42-41(46)37(43)35-48-42)49-40(45)34-32-30-28-26-24-22-20-18-16-14-12-10-8-6-4-2/h11-14,17-20,37-38,41-43,46H,3-10,15-16,21-36H2,1-2H3/b13-11+,14-12+,19-17+,20-18+/t37-,38?,41+,42-/m1/s1. The van der Waals surface area contributed by atoms with Crippen LogP contribution in [0.4, 0.5) is 0 Å². The van der Waals surface area contributed by atoms with Crippen LogP contribution in [-0.4, -0.2) is 59.8 Å². The molecule has 282 valence electrons. The van der Waals surface area contributed by atoms with Crippen LogP contribution in [0.1, 0.15) is 168 Å². The Hall–Kier alpha value is -2.22. The van der Waals surface area contributed by atoms with Crippen LogP contribution >= 0.6 is 0 Å². The molecule has 1 unspecified atom stereocenters. The van der Waals surface area contributed by atoms with Crippen LogP contribution in [-0.2, 0) is 23.8 Å². The summed E-state index contributed by atoms with van der Waals surface area (Å²) in [4.78, 5) is 25.0. The second-order valence-electron chi connectivity index (χ2n) is 13.5. The fourth-order valence-electron chi connectivity index (χ4n) is 5.79. The summed E-state index contributed by atoms with van der Waals surface area (Å²) in [6.45, 7) is 4.21. The maximum Gasteiger partial charge on any atom is 0.306 e. The summed E-state index contributed by atoms with van der Waals surface area (Å²) >= 11 is 0. The van der Waals surface area contributed by atoms with E-state index in [1.165, 1.54) is 51.4 Å². The van der Waals surface area contributed by atoms with Gasteiger partial charge in [0.05, 0.1) is 6.61 Å². The lowest BCUT2D eigenvalue weighted by atomic mass is 10.1. The van der Waals surface area contributed by atoms with Crippen molar-refractivity contribution < 1.29 is 34.0 Å². The molecule has 0 radical (unpaired) electrons. The Kier molecular flexibility index (Phi) is 30.1. The maximum absolute atomic E-state index is 12.6. The minimum Gasteiger partial charge on any atom is -0.462 e. The third-order valence-electron chi connectivity index (χ3n) is 8.91. The highest BCUT2D eigenvalue weighted by molar-refractivity contribution is 5.70. The minimum atomic E-state index is -1.20. The van der Waals surface area contributed by atoms with Gasteiger partial charge in [-0.3, -0.25) is 9.59 Å². The first-order valence-corrected chi connectivity index (χ1v) is 19.9. The fraction of sp³-hybridized carbons (Fsp3) is 0.762. The lowest BCUT2D eigenvalue weighted by Gasteiger charge is -2.25. The van der Waals surface area contributed by atoms with E-state index in [9.17, 15) is 19.8 Å². The number of rotatable bonds is 32. The van der Waals surface area contributed by atoms with Crippen molar-refractivity contribution in [1.29, 1.82) is 0 Å². The Labute approximate surface area is 299 Å². The van der Waals surface area contributed by atoms with Gasteiger partial charge in [-0.25, -0.2) is 0 Å². The molecule has 1 fully saturated rings. The molecule has 7 heteroatoms. The predicted octanol–water partition coefficient (Wildman–Crippen LogP) is 10.2. The number of hydrogen-bond acceptors (Lipinski definition) is 7. The lowest BCUT2D eigenvalue weighted by molar-refractivity contribution is -0.170. The number of hydrogen-bond donors (Lipinski definition) is 2. The summed E-state index contributed by atoms with van der Waals surface area (Å²) < 4.78 is 16.6. The van der Waals surface area contributed by atoms with E-state index < -0.39 is 30.4 Å². The zero-order chi connectivity index (χ0) is 35.6. The summed E-state index contributed by atoms with van der Waals surface area (Å²) in [6, 6.07) is 0. The molecule has 1 saturated heterocycles. The van der Waals surface area contributed by atoms with Crippen molar-refractivity contribution in [3.8, 4) is 0 Å². The largest absolute Gasteiger partial charge is 0.462 e. The number of allylic oxidation sites excluding steroid dienone is 8. The Morgan fingerprint density at radius 3 is 1.49 bits per heavy atom. The Morgan fingerprint density at radius 1 is 0.612 bits per heavy atom. The quantitative estimate of drug-likeness (QED) is 0.0412. The van der Waals surface area contributed by atoms with Crippen molar-refractivity contribution in [2.24, 2.45) is 0 Å². The second-order valence-corrected chi connectivity index (χ2v) is 13.5. The number of esters is 2. The number of ether oxygens (including phenoxy) is 3. The molecule has 1 heterocycles. The van der Waals surface area contributed by atoms with Gasteiger partial charge in [0.25, 0.3) is 0 Å². The van der Waals surface area contributed by atoms with E-state index in [0.717, 1.165) is 83.5 Å². The highest BCUT2D eigenvalue weighted by atomic mass is 16.6. The van der Waals surface area contributed by atoms with E-state index >= 15 is 0 Å². The van der Waals surface area contributed by atoms with Crippen LogP contribution < -0.4 is 0 Å². The van der Waals surface area contributed by atoms with E-state index in [-0.39, 0.29) is 25.6 Å². The van der Waals surface area contributed by atoms with E-state index in [1.807, 2.05) is 0 Å². The predicted molar refractivity (Wildman–Crippen MR) is 201 cm³/mol. The molecule has 7 nitrogen and oxygen atoms in total. The second kappa shape index (κ2) is 33.0. The summed E-state index contributed by atoms with van der Waals surface area (Å²) in [7, 11) is 0. The molecule has 0 spiro atoms. The molecule has 49 heavy (non-hydrogen) atoms. The van der Waals surface area contributed by atoms with Crippen molar-refractivity contribution >= 4 is 11.9 Å². The number of aliphatic hydroxyl groups excluding tert-OH is 2. The first kappa shape index (κ1) is 44.8. The number of aliphatic hydroxyl groups is 2. The molecule has 0 aromatic heterocycles. The van der Waals surface area contributed by atoms with Crippen LogP contribution in [0, 0.1) is 0 Å². The van der Waals surface area contributed by atoms with Crippen molar-refractivity contribution in [2.45, 2.75) is 192 Å². The zero-order valence-electron chi connectivity index (χ0n) is 31.2. The van der Waals surface area contributed by atoms with Crippen LogP contribution in [0.3, 0.4) is 0 Å². The van der Waals surface area contributed by atoms with Crippen LogP contribution in [0.2, 0.25) is 0 Å². The third-order valence-corrected chi connectivity index (χ3v) is 8.91. The molecule has 0 bridgehead atoms. The molecular weight excluding hydrogens is 616 g/mol. The highest BCUT2D eigenvalue weighted by Crippen LogP contribution is 2.21. The number of carbonyl (C=O) groups is 2. The van der Waals surface area contributed by atoms with E-state index in [4.69, 9.17) is 14.2 Å². The van der Waals surface area contributed by atoms with Crippen molar-refractivity contribution in [1.82, 2.24) is 0 Å². The van der Waals surface area contributed by atoms with Crippen molar-refractivity contribution in [3.05, 3.63) is 48.6 Å². The fourth-order valence-corrected chi connectivity index (χ4v) is 5.79. The Bertz CT molecular complexity index is 909. The topological polar surface area (TPSA) is 102 Å². The summed E-state index contributed by atoms with van der Waals surface area (Å²) in [6.07, 6.45) is 38.8. The summed E-state index contributed by atoms with van der Waals surface area (Å²) in [5.41, 5.74) is 0. The summed E-state index contributed by atoms with van der Waals surface area (Å²) in [5, 5.41) is 20.3. The molecule has 1 aliphatic heterocycles. The van der Waals surface area contributed by atoms with Crippen LogP contribution in [0.5, 0.6) is 0 Å². The van der Waals surface area contributed by atoms with Gasteiger partial charge in [0.2, 0.25) is 0 Å². The zero-order valence-corrected chi connectivity index (χ0v) is 31.2. The van der Waals surface area contributed by atoms with Gasteiger partial charge < -0.3 is 24.4 Å². The average molecular weight is 689 g/mol. The molecule has 0 aromatic rings. The molecule has 0 aliphatic carbocycles. The molecule has 4 atom stereocenters. The molecule has 0 amide bonds. The van der Waals surface area contributed by atoms with Gasteiger partial charge in [-0.15, -0.1) is 0 Å². The molecular formula is C42H72O7. The van der Waals surface area contributed by atoms with E-state index in [1.54, 1.807) is 0 Å². The van der Waals surface area contributed by atoms with Gasteiger partial charge in [-0.05, 0) is 77.0 Å². The smallest absolute Gasteiger partial charge is 0.306 e. The first-order valence-electron chi connectivity index (χ1n) is 19.9. The van der Waals surface area contributed by atoms with Gasteiger partial charge in [0, 0.05) is 12.8 Å². The van der Waals surface area contributed by atoms with Crippen LogP contribution in [0.15, 0.2) is 48.6 Å². The van der Waals surface area contributed by atoms with Gasteiger partial charge in [0.1, 0.15) is 24.9 Å². The third kappa shape index (κ3) is 26.3. The molecule has 1 aliphatic rings. The van der Waals surface area contributed by atoms with E-state index in [2.05, 4.69) is 62.5 Å². The Morgan fingerprint density at radius 2 is 1.04 bits per heavy atom. The first-order chi connectivity index (χ1) is 24.0. The molecule has 0 saturated carbocycles. The number of unbranched alkanes of at least 4 members (excludes halogenated alkanes) is 16. The van der Waals surface area contributed by atoms with Crippen LogP contribution in [0.25, 0.3) is 0 Å². The van der Waals surface area contributed by atoms with Crippen molar-refractivity contribution in [2.75, 3.05) is 13.2 Å². The van der Waals surface area contributed by atoms with Gasteiger partial charge in [-0.1, -0.05) is 127 Å². The monoisotopic (exact) mass is 689 g/mol. The number of carbonyl (C=O) groups excluding carboxylic acids is 2. The van der Waals surface area contributed by atoms with Crippen molar-refractivity contribution in [3.63, 3.8) is 0 Å². The SMILES string of the molecule is CCCCC/C=C/C/C=C/CCCCCCCC(=O)OCC(OC(=O)CCCCCCC/C=C/C/C=C/CCCCC)[C@H]1OC[C@@H](O)[C@@H]1O. The van der Waals surface area contributed by atoms with Gasteiger partial charge in [-0.2, -0.15) is 0 Å². The molecule has 1 rings (SSSR count). The minimum absolute atomic E-state index is 0.0509.